The fourth-order valence-electron chi connectivity index (χ4n) is 0.123. The van der Waals surface area contributed by atoms with E-state index in [4.69, 9.17) is 3.87 Å². The van der Waals surface area contributed by atoms with Gasteiger partial charge in [0.2, 0.25) is 0 Å². The van der Waals surface area contributed by atoms with Crippen LogP contribution in [0.15, 0.2) is 12.2 Å². The second-order valence-corrected chi connectivity index (χ2v) is 2.71. The van der Waals surface area contributed by atoms with E-state index in [1.807, 2.05) is 0 Å². The molecule has 0 N–H and O–H groups in total. The van der Waals surface area contributed by atoms with Gasteiger partial charge >= 0.3 is 25.5 Å². The molecule has 0 bridgehead atoms. The maximum atomic E-state index is 10.1. The van der Waals surface area contributed by atoms with Crippen LogP contribution in [0.1, 0.15) is 6.92 Å². The van der Waals surface area contributed by atoms with Gasteiger partial charge in [-0.05, 0) is 6.92 Å². The first-order valence-corrected chi connectivity index (χ1v) is 5.98. The van der Waals surface area contributed by atoms with Gasteiger partial charge in [0.05, 0.1) is 0 Å². The fraction of sp³-hybridized carbons (Fsp3) is 0.286. The Balaban J connectivity index is -0.000000137. The predicted octanol–water partition coefficient (Wildman–Crippen LogP) is 0.771. The Morgan fingerprint density at radius 1 is 1.58 bits per heavy atom. The third kappa shape index (κ3) is 22.6. The number of hydrogen-bond acceptors (Lipinski definition) is 3. The van der Waals surface area contributed by atoms with Gasteiger partial charge in [-0.25, -0.2) is 4.79 Å². The van der Waals surface area contributed by atoms with Crippen molar-refractivity contribution < 1.29 is 29.1 Å². The van der Waals surface area contributed by atoms with Gasteiger partial charge in [-0.15, -0.1) is 16.1 Å². The molecule has 0 aliphatic carbocycles. The van der Waals surface area contributed by atoms with Gasteiger partial charge in [0.15, 0.2) is 0 Å². The minimum absolute atomic E-state index is 0.167. The van der Waals surface area contributed by atoms with Crippen LogP contribution in [0.3, 0.4) is 0 Å². The molecule has 0 aromatic rings. The van der Waals surface area contributed by atoms with Crippen molar-refractivity contribution in [2.75, 3.05) is 0 Å². The second-order valence-electron chi connectivity index (χ2n) is 1.71. The zero-order chi connectivity index (χ0) is 10.6. The van der Waals surface area contributed by atoms with Crippen LogP contribution in [0.2, 0.25) is 6.55 Å². The molecule has 0 spiro atoms. The first-order chi connectivity index (χ1) is 5.59. The van der Waals surface area contributed by atoms with Gasteiger partial charge in [0, 0.05) is 5.57 Å². The summed E-state index contributed by atoms with van der Waals surface area (Å²) in [5, 5.41) is 0. The van der Waals surface area contributed by atoms with Crippen molar-refractivity contribution in [3.8, 4) is 0 Å². The van der Waals surface area contributed by atoms with E-state index >= 15 is 0 Å². The summed E-state index contributed by atoms with van der Waals surface area (Å²) in [5.74, 6) is -0.458. The first-order valence-electron chi connectivity index (χ1n) is 3.14. The van der Waals surface area contributed by atoms with Crippen molar-refractivity contribution in [1.82, 2.24) is 0 Å². The molecule has 0 aliphatic heterocycles. The molecule has 0 aliphatic rings. The van der Waals surface area contributed by atoms with Crippen molar-refractivity contribution in [3.63, 3.8) is 0 Å². The zero-order valence-corrected chi connectivity index (χ0v) is 9.84. The van der Waals surface area contributed by atoms with Crippen LogP contribution >= 0.6 is 0 Å². The molecule has 0 atom stereocenters. The van der Waals surface area contributed by atoms with Gasteiger partial charge in [-0.1, -0.05) is 6.58 Å². The van der Waals surface area contributed by atoms with E-state index in [0.29, 0.717) is 5.57 Å². The molecule has 0 saturated heterocycles. The Morgan fingerprint density at radius 2 is 1.83 bits per heavy atom. The van der Waals surface area contributed by atoms with Gasteiger partial charge in [-0.2, -0.15) is 7.11 Å². The summed E-state index contributed by atoms with van der Waals surface area (Å²) >= 11 is 2.31. The van der Waals surface area contributed by atoms with E-state index in [1.165, 1.54) is 0 Å². The zero-order valence-electron chi connectivity index (χ0n) is 7.39. The normalized spacial score (nSPS) is 7.42. The van der Waals surface area contributed by atoms with Crippen molar-refractivity contribution in [3.05, 3.63) is 25.8 Å². The Labute approximate surface area is 84.2 Å². The molecular formula is C7H14CoO3Si-2. The standard InChI is InChI=1S/C5H7O2.C2H7Si.Co.O/c1-4(2)5(6)7-3;1-3-2;;/h1,3H2,2H3;1,3H2,2H3;;/q2*-1;;. The Hall–Kier alpha value is -0.267. The summed E-state index contributed by atoms with van der Waals surface area (Å²) in [5.41, 5.74) is 0.370. The van der Waals surface area contributed by atoms with Crippen molar-refractivity contribution in [1.29, 1.82) is 0 Å². The predicted molar refractivity (Wildman–Crippen MR) is 46.7 cm³/mol. The molecule has 3 nitrogen and oxygen atoms in total. The summed E-state index contributed by atoms with van der Waals surface area (Å²) in [7, 11) is 3.06. The van der Waals surface area contributed by atoms with Crippen LogP contribution in [-0.4, -0.2) is 15.5 Å². The Morgan fingerprint density at radius 3 is 1.83 bits per heavy atom. The number of rotatable bonds is 1. The fourth-order valence-corrected chi connectivity index (χ4v) is 0.123. The molecule has 0 aromatic heterocycles. The maximum absolute atomic E-state index is 10.1. The minimum atomic E-state index is -0.458. The molecule has 0 heterocycles. The molecule has 12 heavy (non-hydrogen) atoms. The van der Waals surface area contributed by atoms with E-state index in [0.717, 1.165) is 0 Å². The van der Waals surface area contributed by atoms with Crippen molar-refractivity contribution >= 4 is 15.5 Å². The molecule has 0 rings (SSSR count). The average Bonchev–Trinajstić information content (AvgIpc) is 2.08. The summed E-state index contributed by atoms with van der Waals surface area (Å²) in [6.07, 6.45) is 0. The molecule has 0 aromatic carbocycles. The quantitative estimate of drug-likeness (QED) is 0.291. The van der Waals surface area contributed by atoms with E-state index in [-0.39, 0.29) is 9.52 Å². The number of carbonyl (C=O) groups excluding carboxylic acids is 1. The average molecular weight is 233 g/mol. The Bertz CT molecular complexity index is 128. The summed E-state index contributed by atoms with van der Waals surface area (Å²) < 4.78 is 12.0. The van der Waals surface area contributed by atoms with Crippen molar-refractivity contribution in [2.24, 2.45) is 0 Å². The molecule has 5 heteroatoms. The number of ether oxygens (including phenoxy) is 1. The number of esters is 1. The van der Waals surface area contributed by atoms with Crippen LogP contribution in [0.5, 0.6) is 0 Å². The number of hydrogen-bond donors (Lipinski definition) is 0. The molecule has 0 fully saturated rings. The molecule has 0 unspecified atom stereocenters. The van der Waals surface area contributed by atoms with Gasteiger partial charge in [0.1, 0.15) is 0 Å². The van der Waals surface area contributed by atoms with Gasteiger partial charge in [0.25, 0.3) is 0 Å². The molecule has 0 saturated carbocycles. The SMILES string of the molecule is C=C(C)C(=O)O[CH2-].[CH2-][SiH2]C.[O]=[Co]. The third-order valence-electron chi connectivity index (χ3n) is 0.480. The Kier molecular flexibility index (Phi) is 25.1. The summed E-state index contributed by atoms with van der Waals surface area (Å²) in [6, 6.07) is 0. The second kappa shape index (κ2) is 17.0. The number of carbonyl (C=O) groups is 1. The van der Waals surface area contributed by atoms with E-state index < -0.39 is 5.97 Å². The van der Waals surface area contributed by atoms with Crippen LogP contribution in [0.4, 0.5) is 0 Å². The topological polar surface area (TPSA) is 43.4 Å². The molecule has 75 valence electrons. The summed E-state index contributed by atoms with van der Waals surface area (Å²) in [6.45, 7) is 10.7. The van der Waals surface area contributed by atoms with E-state index in [1.54, 1.807) is 6.92 Å². The van der Waals surface area contributed by atoms with Crippen LogP contribution in [0, 0.1) is 13.7 Å². The first kappa shape index (κ1) is 17.7. The van der Waals surface area contributed by atoms with Crippen molar-refractivity contribution in [2.45, 2.75) is 13.5 Å². The van der Waals surface area contributed by atoms with E-state index in [9.17, 15) is 4.79 Å². The van der Waals surface area contributed by atoms with Crippen LogP contribution in [0.25, 0.3) is 0 Å². The molecule has 0 amide bonds. The van der Waals surface area contributed by atoms with Crippen LogP contribution in [-0.2, 0) is 29.1 Å². The van der Waals surface area contributed by atoms with Crippen LogP contribution < -0.4 is 0 Å². The van der Waals surface area contributed by atoms with E-state index in [2.05, 4.69) is 47.2 Å². The van der Waals surface area contributed by atoms with Gasteiger partial charge in [-0.3, -0.25) is 0 Å². The molecule has 0 radical (unpaired) electrons. The third-order valence-corrected chi connectivity index (χ3v) is 0.480. The van der Waals surface area contributed by atoms with Gasteiger partial charge < -0.3 is 11.3 Å². The summed E-state index contributed by atoms with van der Waals surface area (Å²) in [4.78, 5) is 10.1. The molecular weight excluding hydrogens is 219 g/mol. The monoisotopic (exact) mass is 233 g/mol.